The number of hydrogen-bond acceptors (Lipinski definition) is 5. The number of thiophene rings is 1. The first-order valence-electron chi connectivity index (χ1n) is 5.78. The second-order valence-electron chi connectivity index (χ2n) is 4.17. The predicted molar refractivity (Wildman–Crippen MR) is 71.5 cm³/mol. The number of rotatable bonds is 8. The molecule has 0 radical (unpaired) electrons. The molecule has 0 fully saturated rings. The summed E-state index contributed by atoms with van der Waals surface area (Å²) >= 11 is 1.63. The largest absolute Gasteiger partial charge is 0.389 e. The van der Waals surface area contributed by atoms with Crippen molar-refractivity contribution < 1.29 is 14.6 Å². The van der Waals surface area contributed by atoms with Gasteiger partial charge in [-0.05, 0) is 11.4 Å². The Bertz CT molecular complexity index is 341. The normalized spacial score (nSPS) is 12.4. The number of aliphatic hydroxyl groups excluding tert-OH is 1. The van der Waals surface area contributed by atoms with Crippen LogP contribution in [0.2, 0.25) is 0 Å². The number of nitrogens with zero attached hydrogens (tertiary/aromatic N) is 1. The summed E-state index contributed by atoms with van der Waals surface area (Å²) < 4.78 is 5.37. The van der Waals surface area contributed by atoms with E-state index < -0.39 is 6.10 Å². The third kappa shape index (κ3) is 6.11. The molecule has 1 aromatic heterocycles. The molecule has 0 saturated heterocycles. The highest BCUT2D eigenvalue weighted by atomic mass is 32.1. The van der Waals surface area contributed by atoms with Gasteiger partial charge in [0.05, 0.1) is 25.9 Å². The van der Waals surface area contributed by atoms with Crippen LogP contribution >= 0.6 is 11.3 Å². The fraction of sp³-hybridized carbons (Fsp3) is 0.583. The van der Waals surface area contributed by atoms with Gasteiger partial charge < -0.3 is 20.1 Å². The Morgan fingerprint density at radius 2 is 2.39 bits per heavy atom. The lowest BCUT2D eigenvalue weighted by Gasteiger charge is -2.14. The Hall–Kier alpha value is -0.950. The molecule has 0 saturated carbocycles. The first kappa shape index (κ1) is 15.1. The maximum atomic E-state index is 11.2. The predicted octanol–water partition coefficient (Wildman–Crippen LogP) is 0.303. The highest BCUT2D eigenvalue weighted by Crippen LogP contribution is 2.09. The Morgan fingerprint density at radius 1 is 1.61 bits per heavy atom. The summed E-state index contributed by atoms with van der Waals surface area (Å²) in [4.78, 5) is 13.9. The van der Waals surface area contributed by atoms with Crippen LogP contribution in [0, 0.1) is 0 Å². The fourth-order valence-electron chi connectivity index (χ4n) is 1.25. The molecular weight excluding hydrogens is 252 g/mol. The summed E-state index contributed by atoms with van der Waals surface area (Å²) in [7, 11) is 3.40. The minimum atomic E-state index is -0.597. The summed E-state index contributed by atoms with van der Waals surface area (Å²) in [5.74, 6) is -0.0123. The molecule has 1 aromatic rings. The number of carbonyl (C=O) groups is 1. The van der Waals surface area contributed by atoms with Crippen molar-refractivity contribution in [3.63, 3.8) is 0 Å². The summed E-state index contributed by atoms with van der Waals surface area (Å²) in [6.45, 7) is 1.37. The van der Waals surface area contributed by atoms with E-state index in [2.05, 4.69) is 5.32 Å². The van der Waals surface area contributed by atoms with Gasteiger partial charge in [-0.3, -0.25) is 4.79 Å². The maximum Gasteiger partial charge on any atom is 0.236 e. The molecule has 6 heteroatoms. The van der Waals surface area contributed by atoms with Gasteiger partial charge in [0.25, 0.3) is 0 Å². The summed E-state index contributed by atoms with van der Waals surface area (Å²) in [5.41, 5.74) is 0. The number of ether oxygens (including phenoxy) is 1. The zero-order valence-corrected chi connectivity index (χ0v) is 11.6. The van der Waals surface area contributed by atoms with Crippen LogP contribution in [0.5, 0.6) is 0 Å². The third-order valence-corrected chi connectivity index (χ3v) is 3.14. The second kappa shape index (κ2) is 8.20. The Kier molecular flexibility index (Phi) is 6.89. The molecule has 18 heavy (non-hydrogen) atoms. The quantitative estimate of drug-likeness (QED) is 0.715. The van der Waals surface area contributed by atoms with Crippen molar-refractivity contribution in [2.24, 2.45) is 0 Å². The Balaban J connectivity index is 2.03. The number of amides is 1. The molecule has 1 heterocycles. The molecule has 0 aliphatic carbocycles. The van der Waals surface area contributed by atoms with Crippen LogP contribution < -0.4 is 5.32 Å². The summed E-state index contributed by atoms with van der Waals surface area (Å²) in [6.07, 6.45) is -0.597. The molecule has 1 atom stereocenters. The van der Waals surface area contributed by atoms with Crippen LogP contribution in [-0.4, -0.2) is 55.8 Å². The molecule has 1 unspecified atom stereocenters. The summed E-state index contributed by atoms with van der Waals surface area (Å²) in [6, 6.07) is 3.96. The van der Waals surface area contributed by atoms with E-state index in [1.54, 1.807) is 25.4 Å². The molecular formula is C12H20N2O3S. The van der Waals surface area contributed by atoms with Gasteiger partial charge in [-0.25, -0.2) is 0 Å². The van der Waals surface area contributed by atoms with Crippen molar-refractivity contribution in [1.29, 1.82) is 0 Å². The van der Waals surface area contributed by atoms with Gasteiger partial charge in [0.1, 0.15) is 0 Å². The Labute approximate surface area is 111 Å². The summed E-state index contributed by atoms with van der Waals surface area (Å²) in [5, 5.41) is 14.5. The van der Waals surface area contributed by atoms with Gasteiger partial charge in [0.15, 0.2) is 0 Å². The van der Waals surface area contributed by atoms with Gasteiger partial charge in [-0.2, -0.15) is 0 Å². The van der Waals surface area contributed by atoms with E-state index in [9.17, 15) is 9.90 Å². The highest BCUT2D eigenvalue weighted by Gasteiger charge is 2.07. The lowest BCUT2D eigenvalue weighted by atomic mass is 10.3. The topological polar surface area (TPSA) is 61.8 Å². The van der Waals surface area contributed by atoms with Crippen LogP contribution in [0.1, 0.15) is 4.88 Å². The molecule has 0 aliphatic heterocycles. The lowest BCUT2D eigenvalue weighted by Crippen LogP contribution is -2.38. The molecule has 1 amide bonds. The monoisotopic (exact) mass is 272 g/mol. The van der Waals surface area contributed by atoms with E-state index >= 15 is 0 Å². The number of likely N-dealkylation sites (N-methyl/N-ethyl adjacent to an activating group) is 1. The van der Waals surface area contributed by atoms with E-state index in [4.69, 9.17) is 4.74 Å². The average Bonchev–Trinajstić information content (AvgIpc) is 2.81. The number of carbonyl (C=O) groups excluding carboxylic acids is 1. The average molecular weight is 272 g/mol. The number of hydrogen-bond donors (Lipinski definition) is 2. The van der Waals surface area contributed by atoms with Gasteiger partial charge in [-0.15, -0.1) is 11.3 Å². The SMILES string of the molecule is CN(C)C(=O)CNCC(O)COCc1cccs1. The zero-order valence-electron chi connectivity index (χ0n) is 10.8. The van der Waals surface area contributed by atoms with Gasteiger partial charge >= 0.3 is 0 Å². The van der Waals surface area contributed by atoms with Crippen LogP contribution in [-0.2, 0) is 16.1 Å². The minimum absolute atomic E-state index is 0.0123. The zero-order chi connectivity index (χ0) is 13.4. The molecule has 0 spiro atoms. The van der Waals surface area contributed by atoms with Crippen LogP contribution in [0.4, 0.5) is 0 Å². The Morgan fingerprint density at radius 3 is 3.00 bits per heavy atom. The lowest BCUT2D eigenvalue weighted by molar-refractivity contribution is -0.127. The van der Waals surface area contributed by atoms with E-state index in [1.807, 2.05) is 17.5 Å². The molecule has 2 N–H and O–H groups in total. The van der Waals surface area contributed by atoms with Crippen molar-refractivity contribution in [2.75, 3.05) is 33.8 Å². The van der Waals surface area contributed by atoms with Crippen molar-refractivity contribution in [3.05, 3.63) is 22.4 Å². The van der Waals surface area contributed by atoms with Crippen LogP contribution in [0.3, 0.4) is 0 Å². The minimum Gasteiger partial charge on any atom is -0.389 e. The molecule has 102 valence electrons. The van der Waals surface area contributed by atoms with Gasteiger partial charge in [-0.1, -0.05) is 6.07 Å². The van der Waals surface area contributed by atoms with Gasteiger partial charge in [0, 0.05) is 25.5 Å². The van der Waals surface area contributed by atoms with Crippen molar-refractivity contribution in [2.45, 2.75) is 12.7 Å². The number of aliphatic hydroxyl groups is 1. The second-order valence-corrected chi connectivity index (χ2v) is 5.20. The highest BCUT2D eigenvalue weighted by molar-refractivity contribution is 7.09. The maximum absolute atomic E-state index is 11.2. The van der Waals surface area contributed by atoms with E-state index in [1.165, 1.54) is 4.90 Å². The van der Waals surface area contributed by atoms with E-state index in [0.29, 0.717) is 13.2 Å². The first-order chi connectivity index (χ1) is 8.59. The van der Waals surface area contributed by atoms with Gasteiger partial charge in [0.2, 0.25) is 5.91 Å². The first-order valence-corrected chi connectivity index (χ1v) is 6.66. The molecule has 1 rings (SSSR count). The van der Waals surface area contributed by atoms with Crippen molar-refractivity contribution in [1.82, 2.24) is 10.2 Å². The standard InChI is InChI=1S/C12H20N2O3S/c1-14(2)12(16)7-13-6-10(15)8-17-9-11-4-3-5-18-11/h3-5,10,13,15H,6-9H2,1-2H3. The smallest absolute Gasteiger partial charge is 0.236 e. The van der Waals surface area contributed by atoms with E-state index in [-0.39, 0.29) is 19.1 Å². The molecule has 0 bridgehead atoms. The van der Waals surface area contributed by atoms with E-state index in [0.717, 1.165) is 4.88 Å². The third-order valence-electron chi connectivity index (χ3n) is 2.29. The molecule has 0 aromatic carbocycles. The van der Waals surface area contributed by atoms with Crippen LogP contribution in [0.15, 0.2) is 17.5 Å². The fourth-order valence-corrected chi connectivity index (χ4v) is 1.89. The van der Waals surface area contributed by atoms with Crippen molar-refractivity contribution in [3.8, 4) is 0 Å². The van der Waals surface area contributed by atoms with Crippen molar-refractivity contribution >= 4 is 17.2 Å². The van der Waals surface area contributed by atoms with Crippen LogP contribution in [0.25, 0.3) is 0 Å². The molecule has 0 aliphatic rings. The molecule has 5 nitrogen and oxygen atoms in total. The number of nitrogens with one attached hydrogen (secondary N) is 1.